The molecule has 4 N–H and O–H groups in total. The molecule has 0 unspecified atom stereocenters. The number of nitrogens with one attached hydrogen (secondary N) is 4. The Balaban J connectivity index is 1.32. The molecule has 9 heteroatoms. The summed E-state index contributed by atoms with van der Waals surface area (Å²) < 4.78 is 5.02. The van der Waals surface area contributed by atoms with Gasteiger partial charge in [0.2, 0.25) is 0 Å². The van der Waals surface area contributed by atoms with Crippen molar-refractivity contribution in [3.05, 3.63) is 96.1 Å². The van der Waals surface area contributed by atoms with E-state index in [-0.39, 0.29) is 11.5 Å². The molecular weight excluding hydrogens is 398 g/mol. The molecule has 0 aliphatic carbocycles. The van der Waals surface area contributed by atoms with E-state index in [0.29, 0.717) is 16.9 Å². The number of H-pyrrole nitrogens is 1. The van der Waals surface area contributed by atoms with Gasteiger partial charge in [0.05, 0.1) is 12.0 Å². The summed E-state index contributed by atoms with van der Waals surface area (Å²) in [7, 11) is 0. The molecule has 0 saturated heterocycles. The number of hydrazine groups is 1. The highest BCUT2D eigenvalue weighted by atomic mass is 16.3. The standard InChI is InChI=1S/C22H17N5O4/c28-20(15-8-10-16(11-9-15)23-22(30)19-7-4-12-31-19)26-27-21(29)18-13-17(24-25-18)14-5-2-1-3-6-14/h1-13H,(H,23,30)(H,24,25)(H,26,28)(H,27,29). The highest BCUT2D eigenvalue weighted by Crippen LogP contribution is 2.16. The van der Waals surface area contributed by atoms with Crippen LogP contribution < -0.4 is 16.2 Å². The fraction of sp³-hybridized carbons (Fsp3) is 0. The third kappa shape index (κ3) is 4.67. The van der Waals surface area contributed by atoms with Crippen molar-refractivity contribution in [3.8, 4) is 11.3 Å². The number of carbonyl (C=O) groups excluding carboxylic acids is 3. The minimum absolute atomic E-state index is 0.179. The van der Waals surface area contributed by atoms with Crippen LogP contribution in [-0.4, -0.2) is 27.9 Å². The minimum Gasteiger partial charge on any atom is -0.459 e. The SMILES string of the molecule is O=C(NNC(=O)c1cc(-c2ccccc2)n[nH]1)c1ccc(NC(=O)c2ccco2)cc1. The molecule has 0 aliphatic rings. The van der Waals surface area contributed by atoms with Crippen LogP contribution in [-0.2, 0) is 0 Å². The number of amides is 3. The molecule has 0 aliphatic heterocycles. The summed E-state index contributed by atoms with van der Waals surface area (Å²) in [4.78, 5) is 36.5. The smallest absolute Gasteiger partial charge is 0.291 e. The molecule has 2 heterocycles. The lowest BCUT2D eigenvalue weighted by Gasteiger charge is -2.07. The van der Waals surface area contributed by atoms with Gasteiger partial charge in [-0.15, -0.1) is 0 Å². The highest BCUT2D eigenvalue weighted by Gasteiger charge is 2.13. The van der Waals surface area contributed by atoms with Crippen molar-refractivity contribution in [2.24, 2.45) is 0 Å². The van der Waals surface area contributed by atoms with Crippen LogP contribution in [0.1, 0.15) is 31.4 Å². The van der Waals surface area contributed by atoms with E-state index in [4.69, 9.17) is 4.42 Å². The lowest BCUT2D eigenvalue weighted by molar-refractivity contribution is 0.0844. The van der Waals surface area contributed by atoms with Gasteiger partial charge in [0.25, 0.3) is 17.7 Å². The second-order valence-corrected chi connectivity index (χ2v) is 6.45. The molecule has 0 radical (unpaired) electrons. The molecule has 2 aromatic heterocycles. The molecule has 9 nitrogen and oxygen atoms in total. The molecule has 4 rings (SSSR count). The number of aromatic amines is 1. The summed E-state index contributed by atoms with van der Waals surface area (Å²) in [5.41, 5.74) is 7.15. The highest BCUT2D eigenvalue weighted by molar-refractivity contribution is 6.03. The number of carbonyl (C=O) groups is 3. The zero-order valence-electron chi connectivity index (χ0n) is 16.1. The molecule has 0 atom stereocenters. The fourth-order valence-electron chi connectivity index (χ4n) is 2.75. The average Bonchev–Trinajstić information content (AvgIpc) is 3.51. The Morgan fingerprint density at radius 3 is 2.26 bits per heavy atom. The third-order valence-corrected chi connectivity index (χ3v) is 4.33. The molecular formula is C22H17N5O4. The topological polar surface area (TPSA) is 129 Å². The predicted molar refractivity (Wildman–Crippen MR) is 112 cm³/mol. The van der Waals surface area contributed by atoms with Gasteiger partial charge in [-0.1, -0.05) is 30.3 Å². The van der Waals surface area contributed by atoms with E-state index in [0.717, 1.165) is 5.56 Å². The lowest BCUT2D eigenvalue weighted by Crippen LogP contribution is -2.41. The molecule has 3 amide bonds. The summed E-state index contributed by atoms with van der Waals surface area (Å²) in [5, 5.41) is 9.40. The van der Waals surface area contributed by atoms with Crippen molar-refractivity contribution in [1.82, 2.24) is 21.0 Å². The Hall–Kier alpha value is -4.66. The van der Waals surface area contributed by atoms with Crippen molar-refractivity contribution in [2.45, 2.75) is 0 Å². The molecule has 0 spiro atoms. The quantitative estimate of drug-likeness (QED) is 0.373. The number of aromatic nitrogens is 2. The Bertz CT molecular complexity index is 1200. The summed E-state index contributed by atoms with van der Waals surface area (Å²) in [6, 6.07) is 20.3. The van der Waals surface area contributed by atoms with E-state index in [1.54, 1.807) is 30.3 Å². The molecule has 2 aromatic carbocycles. The number of benzene rings is 2. The first kappa shape index (κ1) is 19.6. The minimum atomic E-state index is -0.537. The Morgan fingerprint density at radius 2 is 1.55 bits per heavy atom. The van der Waals surface area contributed by atoms with Crippen LogP contribution in [0.2, 0.25) is 0 Å². The van der Waals surface area contributed by atoms with E-state index in [9.17, 15) is 14.4 Å². The van der Waals surface area contributed by atoms with Crippen LogP contribution in [0.15, 0.2) is 83.5 Å². The molecule has 31 heavy (non-hydrogen) atoms. The van der Waals surface area contributed by atoms with Gasteiger partial charge in [-0.3, -0.25) is 30.3 Å². The monoisotopic (exact) mass is 415 g/mol. The van der Waals surface area contributed by atoms with Gasteiger partial charge in [0, 0.05) is 16.8 Å². The van der Waals surface area contributed by atoms with Gasteiger partial charge in [-0.05, 0) is 42.5 Å². The summed E-state index contributed by atoms with van der Waals surface area (Å²) in [6.45, 7) is 0. The van der Waals surface area contributed by atoms with Gasteiger partial charge >= 0.3 is 0 Å². The average molecular weight is 415 g/mol. The maximum Gasteiger partial charge on any atom is 0.291 e. The second-order valence-electron chi connectivity index (χ2n) is 6.45. The van der Waals surface area contributed by atoms with Crippen LogP contribution in [0.3, 0.4) is 0 Å². The number of nitrogens with zero attached hydrogens (tertiary/aromatic N) is 1. The van der Waals surface area contributed by atoms with Gasteiger partial charge in [-0.2, -0.15) is 5.10 Å². The van der Waals surface area contributed by atoms with Crippen molar-refractivity contribution >= 4 is 23.4 Å². The van der Waals surface area contributed by atoms with Gasteiger partial charge in [0.15, 0.2) is 5.76 Å². The second kappa shape index (κ2) is 8.78. The van der Waals surface area contributed by atoms with Crippen LogP contribution in [0, 0.1) is 0 Å². The van der Waals surface area contributed by atoms with Crippen molar-refractivity contribution < 1.29 is 18.8 Å². The maximum absolute atomic E-state index is 12.3. The van der Waals surface area contributed by atoms with Crippen molar-refractivity contribution in [2.75, 3.05) is 5.32 Å². The predicted octanol–water partition coefficient (Wildman–Crippen LogP) is 3.00. The third-order valence-electron chi connectivity index (χ3n) is 4.33. The van der Waals surface area contributed by atoms with Crippen LogP contribution >= 0.6 is 0 Å². The first-order chi connectivity index (χ1) is 15.1. The van der Waals surface area contributed by atoms with E-state index >= 15 is 0 Å². The molecule has 154 valence electrons. The Morgan fingerprint density at radius 1 is 0.806 bits per heavy atom. The molecule has 0 saturated carbocycles. The number of hydrogen-bond donors (Lipinski definition) is 4. The van der Waals surface area contributed by atoms with Gasteiger partial charge in [0.1, 0.15) is 5.69 Å². The number of hydrogen-bond acceptors (Lipinski definition) is 5. The van der Waals surface area contributed by atoms with E-state index in [2.05, 4.69) is 26.4 Å². The zero-order chi connectivity index (χ0) is 21.6. The fourth-order valence-corrected chi connectivity index (χ4v) is 2.75. The molecule has 0 fully saturated rings. The number of furan rings is 1. The van der Waals surface area contributed by atoms with E-state index in [1.165, 1.54) is 18.4 Å². The van der Waals surface area contributed by atoms with Crippen LogP contribution in [0.4, 0.5) is 5.69 Å². The van der Waals surface area contributed by atoms with E-state index < -0.39 is 17.7 Å². The zero-order valence-corrected chi connectivity index (χ0v) is 16.1. The first-order valence-electron chi connectivity index (χ1n) is 9.26. The largest absolute Gasteiger partial charge is 0.459 e. The number of rotatable bonds is 5. The number of anilines is 1. The Labute approximate surface area is 176 Å². The van der Waals surface area contributed by atoms with E-state index in [1.807, 2.05) is 30.3 Å². The maximum atomic E-state index is 12.3. The Kier molecular flexibility index (Phi) is 5.57. The first-order valence-corrected chi connectivity index (χ1v) is 9.26. The van der Waals surface area contributed by atoms with Crippen LogP contribution in [0.25, 0.3) is 11.3 Å². The van der Waals surface area contributed by atoms with Crippen molar-refractivity contribution in [1.29, 1.82) is 0 Å². The summed E-state index contributed by atoms with van der Waals surface area (Å²) in [6.07, 6.45) is 1.41. The lowest BCUT2D eigenvalue weighted by atomic mass is 10.1. The van der Waals surface area contributed by atoms with Gasteiger partial charge in [-0.25, -0.2) is 0 Å². The summed E-state index contributed by atoms with van der Waals surface area (Å²) in [5.74, 6) is -1.27. The molecule has 4 aromatic rings. The summed E-state index contributed by atoms with van der Waals surface area (Å²) >= 11 is 0. The normalized spacial score (nSPS) is 10.3. The van der Waals surface area contributed by atoms with Gasteiger partial charge < -0.3 is 9.73 Å². The van der Waals surface area contributed by atoms with Crippen LogP contribution in [0.5, 0.6) is 0 Å². The van der Waals surface area contributed by atoms with Crippen molar-refractivity contribution in [3.63, 3.8) is 0 Å². The molecule has 0 bridgehead atoms.